The second kappa shape index (κ2) is 7.50. The number of nitrogens with zero attached hydrogens (tertiary/aromatic N) is 3. The summed E-state index contributed by atoms with van der Waals surface area (Å²) < 4.78 is 37.0. The van der Waals surface area contributed by atoms with E-state index in [0.29, 0.717) is 11.3 Å². The molecule has 9 heteroatoms. The highest BCUT2D eigenvalue weighted by Crippen LogP contribution is 2.36. The smallest absolute Gasteiger partial charge is 0.263 e. The molecule has 0 aliphatic carbocycles. The minimum Gasteiger partial charge on any atom is -0.496 e. The van der Waals surface area contributed by atoms with Crippen LogP contribution in [0.2, 0.25) is 0 Å². The minimum atomic E-state index is -3.78. The summed E-state index contributed by atoms with van der Waals surface area (Å²) in [7, 11) is -2.23. The Bertz CT molecular complexity index is 1340. The molecule has 7 nitrogen and oxygen atoms in total. The number of benzene rings is 3. The Morgan fingerprint density at radius 1 is 1.10 bits per heavy atom. The summed E-state index contributed by atoms with van der Waals surface area (Å²) >= 11 is 0.967. The third-order valence-electron chi connectivity index (χ3n) is 4.37. The van der Waals surface area contributed by atoms with Crippen molar-refractivity contribution in [2.75, 3.05) is 11.8 Å². The Hall–Kier alpha value is -3.48. The Labute approximate surface area is 171 Å². The molecule has 0 bridgehead atoms. The van der Waals surface area contributed by atoms with E-state index in [1.807, 2.05) is 24.3 Å². The monoisotopic (exact) mass is 422 g/mol. The summed E-state index contributed by atoms with van der Waals surface area (Å²) in [6.07, 6.45) is 1.29. The van der Waals surface area contributed by atoms with E-state index in [1.165, 1.54) is 6.33 Å². The summed E-state index contributed by atoms with van der Waals surface area (Å²) in [5.41, 5.74) is 2.20. The maximum absolute atomic E-state index is 12.6. The first kappa shape index (κ1) is 18.9. The van der Waals surface area contributed by atoms with Gasteiger partial charge in [-0.3, -0.25) is 4.72 Å². The number of nitrogens with one attached hydrogen (secondary N) is 1. The number of anilines is 1. The molecule has 144 valence electrons. The molecule has 0 spiro atoms. The molecule has 0 aliphatic heterocycles. The zero-order chi connectivity index (χ0) is 20.4. The van der Waals surface area contributed by atoms with Crippen molar-refractivity contribution in [2.45, 2.75) is 4.90 Å². The molecule has 0 saturated heterocycles. The van der Waals surface area contributed by atoms with Crippen LogP contribution in [0.1, 0.15) is 5.56 Å². The van der Waals surface area contributed by atoms with Gasteiger partial charge in [0.15, 0.2) is 0 Å². The van der Waals surface area contributed by atoms with Crippen LogP contribution >= 0.6 is 11.5 Å². The van der Waals surface area contributed by atoms with Crippen molar-refractivity contribution < 1.29 is 13.2 Å². The number of hydrogen-bond acceptors (Lipinski definition) is 7. The van der Waals surface area contributed by atoms with Gasteiger partial charge >= 0.3 is 0 Å². The Morgan fingerprint density at radius 3 is 2.69 bits per heavy atom. The average Bonchev–Trinajstić information content (AvgIpc) is 3.24. The highest BCUT2D eigenvalue weighted by molar-refractivity contribution is 7.93. The molecule has 0 radical (unpaired) electrons. The third-order valence-corrected chi connectivity index (χ3v) is 6.41. The zero-order valence-electron chi connectivity index (χ0n) is 15.2. The summed E-state index contributed by atoms with van der Waals surface area (Å²) in [5.74, 6) is 0.575. The van der Waals surface area contributed by atoms with Crippen molar-refractivity contribution >= 4 is 37.5 Å². The van der Waals surface area contributed by atoms with Crippen LogP contribution in [0, 0.1) is 11.3 Å². The van der Waals surface area contributed by atoms with Crippen molar-refractivity contribution in [3.63, 3.8) is 0 Å². The van der Waals surface area contributed by atoms with Gasteiger partial charge in [0.25, 0.3) is 10.0 Å². The van der Waals surface area contributed by atoms with Crippen LogP contribution in [0.4, 0.5) is 5.13 Å². The number of sulfonamides is 1. The second-order valence-corrected chi connectivity index (χ2v) is 8.53. The van der Waals surface area contributed by atoms with Crippen molar-refractivity contribution in [3.05, 3.63) is 66.5 Å². The van der Waals surface area contributed by atoms with Gasteiger partial charge in [0.05, 0.1) is 23.6 Å². The van der Waals surface area contributed by atoms with Gasteiger partial charge in [0.1, 0.15) is 12.1 Å². The number of fused-ring (bicyclic) bond motifs is 1. The first-order valence-corrected chi connectivity index (χ1v) is 10.7. The average molecular weight is 422 g/mol. The number of ether oxygens (including phenoxy) is 1. The molecule has 0 atom stereocenters. The molecule has 4 aromatic rings. The molecule has 1 heterocycles. The highest BCUT2D eigenvalue weighted by atomic mass is 32.2. The Morgan fingerprint density at radius 2 is 1.97 bits per heavy atom. The zero-order valence-corrected chi connectivity index (χ0v) is 16.8. The first-order chi connectivity index (χ1) is 14.0. The number of hydrogen-bond donors (Lipinski definition) is 1. The van der Waals surface area contributed by atoms with Gasteiger partial charge < -0.3 is 4.74 Å². The van der Waals surface area contributed by atoms with Crippen LogP contribution in [0.15, 0.2) is 65.8 Å². The topological polar surface area (TPSA) is 105 Å². The van der Waals surface area contributed by atoms with Crippen molar-refractivity contribution in [3.8, 4) is 22.9 Å². The van der Waals surface area contributed by atoms with E-state index < -0.39 is 10.0 Å². The molecule has 29 heavy (non-hydrogen) atoms. The molecule has 1 aromatic heterocycles. The molecule has 0 unspecified atom stereocenters. The van der Waals surface area contributed by atoms with Gasteiger partial charge in [-0.25, -0.2) is 13.4 Å². The molecule has 4 rings (SSSR count). The predicted molar refractivity (Wildman–Crippen MR) is 111 cm³/mol. The maximum Gasteiger partial charge on any atom is 0.263 e. The van der Waals surface area contributed by atoms with Crippen LogP contribution in [0.3, 0.4) is 0 Å². The second-order valence-electron chi connectivity index (χ2n) is 6.07. The standard InChI is InChI=1S/C20H14N4O3S2/c1-27-19-9-13(11-21)5-7-18(19)17-4-2-3-14-10-15(6-8-16(14)17)29(25,26)24-20-22-12-23-28-20/h2-10,12H,1H3,(H,22,23,24). The normalized spacial score (nSPS) is 11.2. The fourth-order valence-electron chi connectivity index (χ4n) is 3.04. The van der Waals surface area contributed by atoms with Gasteiger partial charge in [0.2, 0.25) is 5.13 Å². The fourth-order valence-corrected chi connectivity index (χ4v) is 4.74. The first-order valence-electron chi connectivity index (χ1n) is 8.42. The number of aromatic nitrogens is 2. The van der Waals surface area contributed by atoms with Gasteiger partial charge in [-0.05, 0) is 46.7 Å². The molecular weight excluding hydrogens is 408 g/mol. The quantitative estimate of drug-likeness (QED) is 0.520. The summed E-state index contributed by atoms with van der Waals surface area (Å²) in [6.45, 7) is 0. The van der Waals surface area contributed by atoms with Crippen molar-refractivity contribution in [2.24, 2.45) is 0 Å². The molecule has 0 aliphatic rings. The lowest BCUT2D eigenvalue weighted by atomic mass is 9.97. The Kier molecular flexibility index (Phi) is 4.88. The van der Waals surface area contributed by atoms with E-state index in [9.17, 15) is 8.42 Å². The van der Waals surface area contributed by atoms with Crippen LogP contribution in [0.25, 0.3) is 21.9 Å². The van der Waals surface area contributed by atoms with Gasteiger partial charge in [-0.2, -0.15) is 9.64 Å². The van der Waals surface area contributed by atoms with Crippen molar-refractivity contribution in [1.29, 1.82) is 5.26 Å². The lowest BCUT2D eigenvalue weighted by Gasteiger charge is -2.13. The van der Waals surface area contributed by atoms with Crippen LogP contribution in [-0.4, -0.2) is 24.9 Å². The highest BCUT2D eigenvalue weighted by Gasteiger charge is 2.17. The van der Waals surface area contributed by atoms with Gasteiger partial charge in [-0.1, -0.05) is 24.3 Å². The van der Waals surface area contributed by atoms with Crippen LogP contribution in [0.5, 0.6) is 5.75 Å². The molecule has 1 N–H and O–H groups in total. The van der Waals surface area contributed by atoms with Gasteiger partial charge in [-0.15, -0.1) is 0 Å². The van der Waals surface area contributed by atoms with Crippen molar-refractivity contribution in [1.82, 2.24) is 9.36 Å². The minimum absolute atomic E-state index is 0.129. The van der Waals surface area contributed by atoms with Crippen LogP contribution < -0.4 is 9.46 Å². The van der Waals surface area contributed by atoms with Gasteiger partial charge in [0, 0.05) is 17.1 Å². The predicted octanol–water partition coefficient (Wildman–Crippen LogP) is 4.04. The van der Waals surface area contributed by atoms with E-state index >= 15 is 0 Å². The molecular formula is C20H14N4O3S2. The fraction of sp³-hybridized carbons (Fsp3) is 0.0500. The van der Waals surface area contributed by atoms with Crippen LogP contribution in [-0.2, 0) is 10.0 Å². The lowest BCUT2D eigenvalue weighted by Crippen LogP contribution is -2.12. The molecule has 0 saturated carbocycles. The maximum atomic E-state index is 12.6. The van der Waals surface area contributed by atoms with E-state index in [-0.39, 0.29) is 10.0 Å². The summed E-state index contributed by atoms with van der Waals surface area (Å²) in [4.78, 5) is 3.99. The lowest BCUT2D eigenvalue weighted by molar-refractivity contribution is 0.416. The number of rotatable bonds is 5. The SMILES string of the molecule is COc1cc(C#N)ccc1-c1cccc2cc(S(=O)(=O)Nc3ncns3)ccc12. The summed E-state index contributed by atoms with van der Waals surface area (Å²) in [5, 5.41) is 10.9. The van der Waals surface area contributed by atoms with E-state index in [1.54, 1.807) is 37.4 Å². The number of nitriles is 1. The molecule has 0 amide bonds. The van der Waals surface area contributed by atoms with E-state index in [4.69, 9.17) is 10.00 Å². The number of methoxy groups -OCH3 is 1. The van der Waals surface area contributed by atoms with E-state index in [2.05, 4.69) is 20.1 Å². The Balaban J connectivity index is 1.81. The molecule has 0 fully saturated rings. The summed E-state index contributed by atoms with van der Waals surface area (Å²) in [6, 6.07) is 17.9. The third kappa shape index (κ3) is 3.63. The largest absolute Gasteiger partial charge is 0.496 e. The van der Waals surface area contributed by atoms with E-state index in [0.717, 1.165) is 33.4 Å². The molecule has 3 aromatic carbocycles.